The first-order chi connectivity index (χ1) is 9.60. The molecule has 0 aromatic heterocycles. The minimum atomic E-state index is -0.400. The topological polar surface area (TPSA) is 44.8 Å². The summed E-state index contributed by atoms with van der Waals surface area (Å²) in [5.74, 6) is 0.138. The molecule has 0 bridgehead atoms. The lowest BCUT2D eigenvalue weighted by Crippen LogP contribution is -2.07. The van der Waals surface area contributed by atoms with Gasteiger partial charge in [0, 0.05) is 13.5 Å². The molecular formula is C16H22O4. The van der Waals surface area contributed by atoms with Crippen LogP contribution in [0.3, 0.4) is 0 Å². The van der Waals surface area contributed by atoms with Gasteiger partial charge in [-0.15, -0.1) is 0 Å². The van der Waals surface area contributed by atoms with Crippen LogP contribution in [0.15, 0.2) is 36.1 Å². The summed E-state index contributed by atoms with van der Waals surface area (Å²) in [6.07, 6.45) is 1.69. The quantitative estimate of drug-likeness (QED) is 0.436. The second-order valence-electron chi connectivity index (χ2n) is 4.41. The fourth-order valence-electron chi connectivity index (χ4n) is 1.82. The highest BCUT2D eigenvalue weighted by molar-refractivity contribution is 5.82. The zero-order valence-corrected chi connectivity index (χ0v) is 12.5. The third-order valence-corrected chi connectivity index (χ3v) is 2.95. The maximum atomic E-state index is 11.4. The summed E-state index contributed by atoms with van der Waals surface area (Å²) in [4.78, 5) is 11.4. The molecule has 0 spiro atoms. The summed E-state index contributed by atoms with van der Waals surface area (Å²) >= 11 is 0. The third kappa shape index (κ3) is 5.05. The number of methoxy groups -OCH3 is 2. The van der Waals surface area contributed by atoms with E-state index >= 15 is 0 Å². The highest BCUT2D eigenvalue weighted by Crippen LogP contribution is 2.25. The maximum absolute atomic E-state index is 11.4. The molecule has 1 rings (SSSR count). The van der Waals surface area contributed by atoms with Gasteiger partial charge in [-0.2, -0.15) is 0 Å². The second-order valence-corrected chi connectivity index (χ2v) is 4.41. The van der Waals surface area contributed by atoms with Crippen LogP contribution in [-0.4, -0.2) is 26.8 Å². The summed E-state index contributed by atoms with van der Waals surface area (Å²) in [5.41, 5.74) is 2.24. The standard InChI is InChI=1S/C16H22O4/c1-5-20-16(17)11-14(18-3)10-15(19-4)13-8-6-12(2)7-9-13/h6-9,11,15H,5,10H2,1-4H3/b14-11+. The Morgan fingerprint density at radius 1 is 1.25 bits per heavy atom. The smallest absolute Gasteiger partial charge is 0.334 e. The monoisotopic (exact) mass is 278 g/mol. The van der Waals surface area contributed by atoms with Gasteiger partial charge in [-0.3, -0.25) is 0 Å². The lowest BCUT2D eigenvalue weighted by Gasteiger charge is -2.17. The van der Waals surface area contributed by atoms with Gasteiger partial charge in [-0.25, -0.2) is 4.79 Å². The molecule has 1 aromatic carbocycles. The molecule has 0 saturated heterocycles. The van der Waals surface area contributed by atoms with Crippen molar-refractivity contribution in [1.29, 1.82) is 0 Å². The molecule has 0 saturated carbocycles. The Kier molecular flexibility index (Phi) is 6.81. The van der Waals surface area contributed by atoms with E-state index < -0.39 is 5.97 Å². The molecule has 1 atom stereocenters. The Morgan fingerprint density at radius 2 is 1.90 bits per heavy atom. The Hall–Kier alpha value is -1.81. The number of rotatable bonds is 7. The second kappa shape index (κ2) is 8.38. The fraction of sp³-hybridized carbons (Fsp3) is 0.438. The molecule has 20 heavy (non-hydrogen) atoms. The molecular weight excluding hydrogens is 256 g/mol. The van der Waals surface area contributed by atoms with Crippen molar-refractivity contribution in [3.05, 3.63) is 47.2 Å². The van der Waals surface area contributed by atoms with Crippen molar-refractivity contribution >= 4 is 5.97 Å². The Bertz CT molecular complexity index is 448. The minimum absolute atomic E-state index is 0.156. The molecule has 4 heteroatoms. The van der Waals surface area contributed by atoms with Gasteiger partial charge in [-0.1, -0.05) is 29.8 Å². The molecule has 1 aromatic rings. The Morgan fingerprint density at radius 3 is 2.40 bits per heavy atom. The van der Waals surface area contributed by atoms with Crippen LogP contribution in [0.5, 0.6) is 0 Å². The third-order valence-electron chi connectivity index (χ3n) is 2.95. The van der Waals surface area contributed by atoms with E-state index in [9.17, 15) is 4.79 Å². The molecule has 0 aliphatic heterocycles. The van der Waals surface area contributed by atoms with E-state index in [2.05, 4.69) is 0 Å². The van der Waals surface area contributed by atoms with E-state index in [1.54, 1.807) is 14.0 Å². The molecule has 0 heterocycles. The summed E-state index contributed by atoms with van der Waals surface area (Å²) in [5, 5.41) is 0. The summed E-state index contributed by atoms with van der Waals surface area (Å²) in [6, 6.07) is 8.09. The van der Waals surface area contributed by atoms with Crippen molar-refractivity contribution in [2.75, 3.05) is 20.8 Å². The molecule has 4 nitrogen and oxygen atoms in total. The van der Waals surface area contributed by atoms with Crippen LogP contribution in [0.4, 0.5) is 0 Å². The van der Waals surface area contributed by atoms with Crippen molar-refractivity contribution in [1.82, 2.24) is 0 Å². The highest BCUT2D eigenvalue weighted by atomic mass is 16.5. The number of benzene rings is 1. The molecule has 0 N–H and O–H groups in total. The SMILES string of the molecule is CCOC(=O)/C=C(\CC(OC)c1ccc(C)cc1)OC. The summed E-state index contributed by atoms with van der Waals surface area (Å²) < 4.78 is 15.6. The lowest BCUT2D eigenvalue weighted by molar-refractivity contribution is -0.137. The Balaban J connectivity index is 2.80. The highest BCUT2D eigenvalue weighted by Gasteiger charge is 2.14. The van der Waals surface area contributed by atoms with Gasteiger partial charge in [0.1, 0.15) is 5.76 Å². The predicted molar refractivity (Wildman–Crippen MR) is 77.3 cm³/mol. The van der Waals surface area contributed by atoms with Gasteiger partial charge < -0.3 is 14.2 Å². The van der Waals surface area contributed by atoms with Crippen LogP contribution in [0.1, 0.15) is 30.6 Å². The van der Waals surface area contributed by atoms with Gasteiger partial charge in [0.15, 0.2) is 0 Å². The van der Waals surface area contributed by atoms with E-state index in [0.29, 0.717) is 18.8 Å². The molecule has 0 amide bonds. The maximum Gasteiger partial charge on any atom is 0.334 e. The van der Waals surface area contributed by atoms with Crippen LogP contribution in [-0.2, 0) is 19.0 Å². The number of hydrogen-bond acceptors (Lipinski definition) is 4. The van der Waals surface area contributed by atoms with Gasteiger partial charge in [0.05, 0.1) is 25.9 Å². The molecule has 0 radical (unpaired) electrons. The first kappa shape index (κ1) is 16.2. The number of carbonyl (C=O) groups is 1. The van der Waals surface area contributed by atoms with E-state index in [4.69, 9.17) is 14.2 Å². The average molecular weight is 278 g/mol. The van der Waals surface area contributed by atoms with Crippen molar-refractivity contribution in [2.45, 2.75) is 26.4 Å². The van der Waals surface area contributed by atoms with Crippen molar-refractivity contribution in [3.63, 3.8) is 0 Å². The summed E-state index contributed by atoms with van der Waals surface area (Å²) in [6.45, 7) is 4.15. The van der Waals surface area contributed by atoms with Crippen LogP contribution in [0.2, 0.25) is 0 Å². The van der Waals surface area contributed by atoms with Crippen LogP contribution >= 0.6 is 0 Å². The minimum Gasteiger partial charge on any atom is -0.501 e. The fourth-order valence-corrected chi connectivity index (χ4v) is 1.82. The number of aryl methyl sites for hydroxylation is 1. The molecule has 0 aliphatic rings. The number of hydrogen-bond donors (Lipinski definition) is 0. The van der Waals surface area contributed by atoms with Crippen molar-refractivity contribution in [3.8, 4) is 0 Å². The van der Waals surface area contributed by atoms with Crippen molar-refractivity contribution < 1.29 is 19.0 Å². The number of esters is 1. The van der Waals surface area contributed by atoms with Crippen molar-refractivity contribution in [2.24, 2.45) is 0 Å². The van der Waals surface area contributed by atoms with Crippen LogP contribution < -0.4 is 0 Å². The van der Waals surface area contributed by atoms with Crippen LogP contribution in [0, 0.1) is 6.92 Å². The molecule has 0 aliphatic carbocycles. The summed E-state index contributed by atoms with van der Waals surface area (Å²) in [7, 11) is 3.18. The van der Waals surface area contributed by atoms with Gasteiger partial charge >= 0.3 is 5.97 Å². The van der Waals surface area contributed by atoms with Gasteiger partial charge in [0.25, 0.3) is 0 Å². The average Bonchev–Trinajstić information content (AvgIpc) is 2.44. The largest absolute Gasteiger partial charge is 0.501 e. The van der Waals surface area contributed by atoms with E-state index in [0.717, 1.165) is 5.56 Å². The van der Waals surface area contributed by atoms with Gasteiger partial charge in [-0.05, 0) is 19.4 Å². The van der Waals surface area contributed by atoms with E-state index in [1.165, 1.54) is 18.7 Å². The Labute approximate surface area is 120 Å². The first-order valence-corrected chi connectivity index (χ1v) is 6.61. The molecule has 110 valence electrons. The number of ether oxygens (including phenoxy) is 3. The normalized spacial score (nSPS) is 12.9. The lowest BCUT2D eigenvalue weighted by atomic mass is 10.0. The molecule has 1 unspecified atom stereocenters. The zero-order chi connectivity index (χ0) is 15.0. The first-order valence-electron chi connectivity index (χ1n) is 6.61. The molecule has 0 fully saturated rings. The van der Waals surface area contributed by atoms with Gasteiger partial charge in [0.2, 0.25) is 0 Å². The van der Waals surface area contributed by atoms with E-state index in [1.807, 2.05) is 31.2 Å². The number of carbonyl (C=O) groups excluding carboxylic acids is 1. The van der Waals surface area contributed by atoms with E-state index in [-0.39, 0.29) is 6.10 Å². The van der Waals surface area contributed by atoms with Crippen LogP contribution in [0.25, 0.3) is 0 Å². The zero-order valence-electron chi connectivity index (χ0n) is 12.5. The predicted octanol–water partition coefficient (Wildman–Crippen LogP) is 3.17.